The van der Waals surface area contributed by atoms with Gasteiger partial charge in [0.1, 0.15) is 11.5 Å². The number of nitrogens with zero attached hydrogens (tertiary/aromatic N) is 2. The molecule has 4 rings (SSSR count). The summed E-state index contributed by atoms with van der Waals surface area (Å²) in [5.74, 6) is -0.403. The zero-order valence-electron chi connectivity index (χ0n) is 11.8. The fourth-order valence-electron chi connectivity index (χ4n) is 2.25. The SMILES string of the molecule is O=C(OCc1cc(=O)n2ccsc2n1)c1cc2ccccc2s1. The molecule has 0 N–H and O–H groups in total. The quantitative estimate of drug-likeness (QED) is 0.536. The molecule has 0 spiro atoms. The molecule has 3 heterocycles. The van der Waals surface area contributed by atoms with Crippen molar-refractivity contribution in [2.24, 2.45) is 0 Å². The predicted molar refractivity (Wildman–Crippen MR) is 90.3 cm³/mol. The minimum absolute atomic E-state index is 0.0171. The van der Waals surface area contributed by atoms with Crippen molar-refractivity contribution in [3.05, 3.63) is 68.9 Å². The van der Waals surface area contributed by atoms with E-state index in [9.17, 15) is 9.59 Å². The number of esters is 1. The second-order valence-corrected chi connectivity index (χ2v) is 6.82. The highest BCUT2D eigenvalue weighted by Gasteiger charge is 2.12. The summed E-state index contributed by atoms with van der Waals surface area (Å²) in [4.78, 5) is 29.5. The zero-order chi connectivity index (χ0) is 15.8. The van der Waals surface area contributed by atoms with Crippen LogP contribution in [0, 0.1) is 0 Å². The van der Waals surface area contributed by atoms with Crippen molar-refractivity contribution in [2.75, 3.05) is 0 Å². The summed E-state index contributed by atoms with van der Waals surface area (Å²) in [6.45, 7) is -0.0171. The van der Waals surface area contributed by atoms with Crippen LogP contribution in [0.4, 0.5) is 0 Å². The summed E-state index contributed by atoms with van der Waals surface area (Å²) < 4.78 is 7.79. The lowest BCUT2D eigenvalue weighted by Gasteiger charge is -2.02. The van der Waals surface area contributed by atoms with E-state index in [1.165, 1.54) is 33.1 Å². The number of ether oxygens (including phenoxy) is 1. The number of thiophene rings is 1. The highest BCUT2D eigenvalue weighted by atomic mass is 32.1. The highest BCUT2D eigenvalue weighted by molar-refractivity contribution is 7.20. The number of fused-ring (bicyclic) bond motifs is 2. The van der Waals surface area contributed by atoms with Crippen LogP contribution in [0.15, 0.2) is 52.8 Å². The summed E-state index contributed by atoms with van der Waals surface area (Å²) in [5.41, 5.74) is 0.274. The first-order chi connectivity index (χ1) is 11.2. The van der Waals surface area contributed by atoms with E-state index in [1.807, 2.05) is 30.3 Å². The Bertz CT molecular complexity index is 1040. The van der Waals surface area contributed by atoms with Crippen molar-refractivity contribution in [3.63, 3.8) is 0 Å². The third-order valence-corrected chi connectivity index (χ3v) is 5.19. The van der Waals surface area contributed by atoms with Crippen molar-refractivity contribution in [2.45, 2.75) is 6.61 Å². The van der Waals surface area contributed by atoms with Crippen molar-refractivity contribution in [1.29, 1.82) is 0 Å². The van der Waals surface area contributed by atoms with Crippen molar-refractivity contribution in [1.82, 2.24) is 9.38 Å². The van der Waals surface area contributed by atoms with Crippen LogP contribution in [-0.2, 0) is 11.3 Å². The third kappa shape index (κ3) is 2.64. The molecule has 0 saturated carbocycles. The molecule has 0 atom stereocenters. The largest absolute Gasteiger partial charge is 0.455 e. The summed E-state index contributed by atoms with van der Waals surface area (Å²) >= 11 is 2.75. The molecular formula is C16H10N2O3S2. The van der Waals surface area contributed by atoms with E-state index in [4.69, 9.17) is 4.74 Å². The monoisotopic (exact) mass is 342 g/mol. The number of rotatable bonds is 3. The Kier molecular flexibility index (Phi) is 3.44. The highest BCUT2D eigenvalue weighted by Crippen LogP contribution is 2.25. The summed E-state index contributed by atoms with van der Waals surface area (Å²) in [6, 6.07) is 11.0. The average molecular weight is 342 g/mol. The molecule has 1 aromatic carbocycles. The molecule has 0 aliphatic carbocycles. The minimum Gasteiger partial charge on any atom is -0.455 e. The zero-order valence-corrected chi connectivity index (χ0v) is 13.4. The van der Waals surface area contributed by atoms with Crippen LogP contribution < -0.4 is 5.56 Å². The number of carbonyl (C=O) groups is 1. The molecule has 0 saturated heterocycles. The molecule has 114 valence electrons. The Morgan fingerprint density at radius 2 is 2.13 bits per heavy atom. The van der Waals surface area contributed by atoms with E-state index >= 15 is 0 Å². The van der Waals surface area contributed by atoms with Crippen LogP contribution in [0.3, 0.4) is 0 Å². The molecule has 23 heavy (non-hydrogen) atoms. The summed E-state index contributed by atoms with van der Waals surface area (Å²) in [7, 11) is 0. The Morgan fingerprint density at radius 1 is 1.26 bits per heavy atom. The van der Waals surface area contributed by atoms with Gasteiger partial charge in [0.2, 0.25) is 0 Å². The molecule has 0 fully saturated rings. The van der Waals surface area contributed by atoms with E-state index in [0.29, 0.717) is 15.5 Å². The van der Waals surface area contributed by atoms with Gasteiger partial charge >= 0.3 is 5.97 Å². The maximum Gasteiger partial charge on any atom is 0.348 e. The molecule has 4 aromatic rings. The number of carbonyl (C=O) groups excluding carboxylic acids is 1. The second-order valence-electron chi connectivity index (χ2n) is 4.87. The lowest BCUT2D eigenvalue weighted by molar-refractivity contribution is 0.0473. The first-order valence-electron chi connectivity index (χ1n) is 6.82. The molecule has 0 bridgehead atoms. The second kappa shape index (κ2) is 5.60. The van der Waals surface area contributed by atoms with Gasteiger partial charge in [0, 0.05) is 22.3 Å². The van der Waals surface area contributed by atoms with Gasteiger partial charge in [0.05, 0.1) is 5.69 Å². The Labute approximate surface area is 138 Å². The van der Waals surface area contributed by atoms with Gasteiger partial charge in [-0.2, -0.15) is 0 Å². The van der Waals surface area contributed by atoms with Gasteiger partial charge in [-0.05, 0) is 17.5 Å². The van der Waals surface area contributed by atoms with Crippen LogP contribution >= 0.6 is 22.7 Å². The van der Waals surface area contributed by atoms with Gasteiger partial charge in [-0.1, -0.05) is 18.2 Å². The fraction of sp³-hybridized carbons (Fsp3) is 0.0625. The standard InChI is InChI=1S/C16H10N2O3S2/c19-14-8-11(17-16-18(14)5-6-22-16)9-21-15(20)13-7-10-3-1-2-4-12(10)23-13/h1-8H,9H2. The number of hydrogen-bond acceptors (Lipinski definition) is 6. The molecule has 5 nitrogen and oxygen atoms in total. The van der Waals surface area contributed by atoms with Gasteiger partial charge in [-0.3, -0.25) is 9.20 Å². The number of benzene rings is 1. The Hall–Kier alpha value is -2.51. The predicted octanol–water partition coefficient (Wildman–Crippen LogP) is 3.33. The molecule has 0 radical (unpaired) electrons. The van der Waals surface area contributed by atoms with Crippen molar-refractivity contribution in [3.8, 4) is 0 Å². The molecule has 3 aromatic heterocycles. The van der Waals surface area contributed by atoms with E-state index in [2.05, 4.69) is 4.98 Å². The normalized spacial score (nSPS) is 11.1. The van der Waals surface area contributed by atoms with Crippen LogP contribution in [-0.4, -0.2) is 15.4 Å². The first kappa shape index (κ1) is 14.1. The van der Waals surface area contributed by atoms with Crippen LogP contribution in [0.2, 0.25) is 0 Å². The lowest BCUT2D eigenvalue weighted by atomic mass is 10.2. The van der Waals surface area contributed by atoms with E-state index in [-0.39, 0.29) is 12.2 Å². The molecule has 0 aliphatic heterocycles. The average Bonchev–Trinajstić information content (AvgIpc) is 3.19. The van der Waals surface area contributed by atoms with Gasteiger partial charge < -0.3 is 4.74 Å². The number of thiazole rings is 1. The van der Waals surface area contributed by atoms with Crippen LogP contribution in [0.1, 0.15) is 15.4 Å². The fourth-order valence-corrected chi connectivity index (χ4v) is 3.95. The van der Waals surface area contributed by atoms with Gasteiger partial charge in [0.25, 0.3) is 5.56 Å². The van der Waals surface area contributed by atoms with E-state index in [1.54, 1.807) is 11.6 Å². The van der Waals surface area contributed by atoms with E-state index in [0.717, 1.165) is 10.1 Å². The van der Waals surface area contributed by atoms with Crippen LogP contribution in [0.25, 0.3) is 15.0 Å². The Morgan fingerprint density at radius 3 is 3.00 bits per heavy atom. The van der Waals surface area contributed by atoms with Gasteiger partial charge in [-0.15, -0.1) is 22.7 Å². The molecule has 7 heteroatoms. The lowest BCUT2D eigenvalue weighted by Crippen LogP contribution is -2.14. The molecule has 0 aliphatic rings. The number of hydrogen-bond donors (Lipinski definition) is 0. The van der Waals surface area contributed by atoms with Gasteiger partial charge in [-0.25, -0.2) is 9.78 Å². The van der Waals surface area contributed by atoms with Crippen molar-refractivity contribution < 1.29 is 9.53 Å². The maximum atomic E-state index is 12.2. The third-order valence-electron chi connectivity index (χ3n) is 3.33. The van der Waals surface area contributed by atoms with Crippen molar-refractivity contribution >= 4 is 43.7 Å². The summed E-state index contributed by atoms with van der Waals surface area (Å²) in [5, 5.41) is 2.80. The number of aromatic nitrogens is 2. The van der Waals surface area contributed by atoms with E-state index < -0.39 is 5.97 Å². The maximum absolute atomic E-state index is 12.2. The summed E-state index contributed by atoms with van der Waals surface area (Å²) in [6.07, 6.45) is 1.67. The smallest absolute Gasteiger partial charge is 0.348 e. The molecular weight excluding hydrogens is 332 g/mol. The topological polar surface area (TPSA) is 60.7 Å². The first-order valence-corrected chi connectivity index (χ1v) is 8.52. The van der Waals surface area contributed by atoms with Crippen LogP contribution in [0.5, 0.6) is 0 Å². The minimum atomic E-state index is -0.403. The van der Waals surface area contributed by atoms with Gasteiger partial charge in [0.15, 0.2) is 4.96 Å². The molecule has 0 amide bonds. The Balaban J connectivity index is 1.55. The molecule has 0 unspecified atom stereocenters.